The molecule has 0 aliphatic carbocycles. The van der Waals surface area contributed by atoms with Crippen molar-refractivity contribution in [2.24, 2.45) is 0 Å². The molecule has 1 aromatic heterocycles. The molecule has 0 saturated heterocycles. The number of carbonyl (C=O) groups is 1. The largest absolute Gasteiger partial charge is 0.493 e. The lowest BCUT2D eigenvalue weighted by Crippen LogP contribution is -2.20. The molecule has 0 radical (unpaired) electrons. The Morgan fingerprint density at radius 3 is 2.83 bits per heavy atom. The van der Waals surface area contributed by atoms with Crippen molar-refractivity contribution in [2.75, 3.05) is 13.7 Å². The Kier molecular flexibility index (Phi) is 7.15. The van der Waals surface area contributed by atoms with Gasteiger partial charge < -0.3 is 14.8 Å². The Morgan fingerprint density at radius 1 is 1.42 bits per heavy atom. The van der Waals surface area contributed by atoms with Gasteiger partial charge in [0.05, 0.1) is 22.5 Å². The number of carbonyl (C=O) groups excluding carboxylic acids is 1. The highest BCUT2D eigenvalue weighted by Crippen LogP contribution is 2.36. The van der Waals surface area contributed by atoms with Gasteiger partial charge in [-0.2, -0.15) is 0 Å². The molecule has 0 aliphatic rings. The van der Waals surface area contributed by atoms with Crippen molar-refractivity contribution in [1.82, 2.24) is 5.32 Å². The third-order valence-corrected chi connectivity index (χ3v) is 4.91. The molecular formula is C17H17BrClNO3S. The fraction of sp³-hybridized carbons (Fsp3) is 0.235. The zero-order chi connectivity index (χ0) is 17.5. The minimum atomic E-state index is -0.177. The zero-order valence-corrected chi connectivity index (χ0v) is 16.4. The SMILES string of the molecule is CCOc1c(Cl)cc(CNC(=O)/C=C/c2ccc(Br)s2)cc1OC. The summed E-state index contributed by atoms with van der Waals surface area (Å²) in [6, 6.07) is 7.44. The van der Waals surface area contributed by atoms with E-state index in [1.807, 2.05) is 19.1 Å². The quantitative estimate of drug-likeness (QED) is 0.636. The van der Waals surface area contributed by atoms with Crippen LogP contribution in [0.1, 0.15) is 17.4 Å². The van der Waals surface area contributed by atoms with E-state index in [2.05, 4.69) is 21.2 Å². The summed E-state index contributed by atoms with van der Waals surface area (Å²) in [5.41, 5.74) is 0.834. The van der Waals surface area contributed by atoms with Gasteiger partial charge in [-0.05, 0) is 58.8 Å². The number of methoxy groups -OCH3 is 1. The van der Waals surface area contributed by atoms with Crippen molar-refractivity contribution >= 4 is 50.9 Å². The summed E-state index contributed by atoms with van der Waals surface area (Å²) in [5, 5.41) is 3.28. The van der Waals surface area contributed by atoms with Crippen LogP contribution in [0.2, 0.25) is 5.02 Å². The van der Waals surface area contributed by atoms with Gasteiger partial charge in [0.25, 0.3) is 0 Å². The predicted octanol–water partition coefficient (Wildman–Crippen LogP) is 4.90. The van der Waals surface area contributed by atoms with Crippen LogP contribution >= 0.6 is 38.9 Å². The summed E-state index contributed by atoms with van der Waals surface area (Å²) < 4.78 is 11.8. The standard InChI is InChI=1S/C17H17BrClNO3S/c1-3-23-17-13(19)8-11(9-14(17)22-2)10-20-16(21)7-5-12-4-6-15(18)24-12/h4-9H,3,10H2,1-2H3,(H,20,21)/b7-5+. The Hall–Kier alpha value is -1.50. The molecular weight excluding hydrogens is 414 g/mol. The first-order chi connectivity index (χ1) is 11.5. The Morgan fingerprint density at radius 2 is 2.21 bits per heavy atom. The maximum Gasteiger partial charge on any atom is 0.244 e. The van der Waals surface area contributed by atoms with E-state index in [0.29, 0.717) is 29.7 Å². The maximum absolute atomic E-state index is 11.9. The second-order valence-corrected chi connectivity index (χ2v) is 7.64. The Labute approximate surface area is 158 Å². The van der Waals surface area contributed by atoms with Crippen LogP contribution in [-0.2, 0) is 11.3 Å². The second-order valence-electron chi connectivity index (χ2n) is 4.74. The zero-order valence-electron chi connectivity index (χ0n) is 13.3. The molecule has 0 bridgehead atoms. The van der Waals surface area contributed by atoms with E-state index in [1.165, 1.54) is 6.08 Å². The molecule has 128 valence electrons. The molecule has 4 nitrogen and oxygen atoms in total. The number of nitrogens with one attached hydrogen (secondary N) is 1. The van der Waals surface area contributed by atoms with E-state index in [1.54, 1.807) is 36.7 Å². The van der Waals surface area contributed by atoms with Crippen LogP contribution in [-0.4, -0.2) is 19.6 Å². The predicted molar refractivity (Wildman–Crippen MR) is 102 cm³/mol. The first-order valence-electron chi connectivity index (χ1n) is 7.24. The van der Waals surface area contributed by atoms with Gasteiger partial charge in [0, 0.05) is 17.5 Å². The molecule has 0 saturated carbocycles. The van der Waals surface area contributed by atoms with Crippen molar-refractivity contribution in [3.05, 3.63) is 49.6 Å². The van der Waals surface area contributed by atoms with Gasteiger partial charge in [-0.1, -0.05) is 11.6 Å². The average Bonchev–Trinajstić information content (AvgIpc) is 2.98. The van der Waals surface area contributed by atoms with Gasteiger partial charge in [0.2, 0.25) is 5.91 Å². The molecule has 1 heterocycles. The van der Waals surface area contributed by atoms with Gasteiger partial charge in [-0.3, -0.25) is 4.79 Å². The first-order valence-corrected chi connectivity index (χ1v) is 9.22. The van der Waals surface area contributed by atoms with Gasteiger partial charge in [-0.25, -0.2) is 0 Å². The molecule has 0 fully saturated rings. The molecule has 2 rings (SSSR count). The Bertz CT molecular complexity index is 745. The number of benzene rings is 1. The highest BCUT2D eigenvalue weighted by Gasteiger charge is 2.11. The lowest BCUT2D eigenvalue weighted by Gasteiger charge is -2.13. The van der Waals surface area contributed by atoms with Gasteiger partial charge >= 0.3 is 0 Å². The minimum Gasteiger partial charge on any atom is -0.493 e. The number of hydrogen-bond acceptors (Lipinski definition) is 4. The van der Waals surface area contributed by atoms with Crippen molar-refractivity contribution in [1.29, 1.82) is 0 Å². The molecule has 24 heavy (non-hydrogen) atoms. The smallest absolute Gasteiger partial charge is 0.244 e. The van der Waals surface area contributed by atoms with Crippen molar-refractivity contribution in [3.8, 4) is 11.5 Å². The van der Waals surface area contributed by atoms with Crippen LogP contribution in [0.15, 0.2) is 34.1 Å². The summed E-state index contributed by atoms with van der Waals surface area (Å²) in [5.74, 6) is 0.885. The fourth-order valence-electron chi connectivity index (χ4n) is 1.98. The van der Waals surface area contributed by atoms with Crippen LogP contribution < -0.4 is 14.8 Å². The van der Waals surface area contributed by atoms with E-state index in [9.17, 15) is 4.79 Å². The molecule has 1 aromatic carbocycles. The van der Waals surface area contributed by atoms with Crippen LogP contribution in [0.25, 0.3) is 6.08 Å². The molecule has 7 heteroatoms. The van der Waals surface area contributed by atoms with E-state index in [4.69, 9.17) is 21.1 Å². The normalized spacial score (nSPS) is 10.8. The topological polar surface area (TPSA) is 47.6 Å². The van der Waals surface area contributed by atoms with Crippen molar-refractivity contribution in [2.45, 2.75) is 13.5 Å². The third-order valence-electron chi connectivity index (χ3n) is 3.04. The van der Waals surface area contributed by atoms with Crippen LogP contribution in [0.5, 0.6) is 11.5 Å². The molecule has 0 aliphatic heterocycles. The molecule has 0 unspecified atom stereocenters. The summed E-state index contributed by atoms with van der Waals surface area (Å²) in [7, 11) is 1.55. The average molecular weight is 431 g/mol. The van der Waals surface area contributed by atoms with Crippen LogP contribution in [0.3, 0.4) is 0 Å². The molecule has 2 aromatic rings. The molecule has 0 atom stereocenters. The minimum absolute atomic E-state index is 0.177. The summed E-state index contributed by atoms with van der Waals surface area (Å²) in [6.07, 6.45) is 3.28. The number of hydrogen-bond donors (Lipinski definition) is 1. The summed E-state index contributed by atoms with van der Waals surface area (Å²) in [4.78, 5) is 12.9. The van der Waals surface area contributed by atoms with Gasteiger partial charge in [-0.15, -0.1) is 11.3 Å². The number of ether oxygens (including phenoxy) is 2. The summed E-state index contributed by atoms with van der Waals surface area (Å²) in [6.45, 7) is 2.72. The van der Waals surface area contributed by atoms with Crippen molar-refractivity contribution < 1.29 is 14.3 Å². The molecule has 1 amide bonds. The summed E-state index contributed by atoms with van der Waals surface area (Å²) >= 11 is 11.2. The van der Waals surface area contributed by atoms with E-state index in [-0.39, 0.29) is 5.91 Å². The second kappa shape index (κ2) is 9.11. The van der Waals surface area contributed by atoms with E-state index >= 15 is 0 Å². The number of thiophene rings is 1. The van der Waals surface area contributed by atoms with Crippen LogP contribution in [0, 0.1) is 0 Å². The Balaban J connectivity index is 1.99. The number of amides is 1. The maximum atomic E-state index is 11.9. The fourth-order valence-corrected chi connectivity index (χ4v) is 3.60. The third kappa shape index (κ3) is 5.26. The van der Waals surface area contributed by atoms with Crippen molar-refractivity contribution in [3.63, 3.8) is 0 Å². The monoisotopic (exact) mass is 429 g/mol. The lowest BCUT2D eigenvalue weighted by molar-refractivity contribution is -0.116. The number of halogens is 2. The highest BCUT2D eigenvalue weighted by atomic mass is 79.9. The van der Waals surface area contributed by atoms with Gasteiger partial charge in [0.15, 0.2) is 11.5 Å². The van der Waals surface area contributed by atoms with Crippen LogP contribution in [0.4, 0.5) is 0 Å². The molecule has 0 spiro atoms. The lowest BCUT2D eigenvalue weighted by atomic mass is 10.2. The number of rotatable bonds is 7. The molecule has 1 N–H and O–H groups in total. The van der Waals surface area contributed by atoms with E-state index < -0.39 is 0 Å². The first kappa shape index (κ1) is 18.8. The van der Waals surface area contributed by atoms with E-state index in [0.717, 1.165) is 14.2 Å². The van der Waals surface area contributed by atoms with Gasteiger partial charge in [0.1, 0.15) is 0 Å². The highest BCUT2D eigenvalue weighted by molar-refractivity contribution is 9.11.